The lowest BCUT2D eigenvalue weighted by Gasteiger charge is -2.46. The Kier molecular flexibility index (Phi) is 4.04. The number of alkyl halides is 2. The number of nitrogens with zero attached hydrogens (tertiary/aromatic N) is 2. The molecule has 0 aromatic carbocycles. The summed E-state index contributed by atoms with van der Waals surface area (Å²) in [6, 6.07) is 0. The van der Waals surface area contributed by atoms with Crippen molar-refractivity contribution >= 4 is 6.09 Å². The molecule has 0 atom stereocenters. The Morgan fingerprint density at radius 3 is 2.06 bits per heavy atom. The van der Waals surface area contributed by atoms with Gasteiger partial charge in [0.1, 0.15) is 0 Å². The summed E-state index contributed by atoms with van der Waals surface area (Å²) in [5, 5.41) is 8.90. The molecular weight excluding hydrogens is 242 g/mol. The minimum absolute atomic E-state index is 0.128. The molecule has 18 heavy (non-hydrogen) atoms. The number of piperidine rings is 2. The van der Waals surface area contributed by atoms with Crippen LogP contribution in [0.15, 0.2) is 0 Å². The molecule has 0 aromatic heterocycles. The van der Waals surface area contributed by atoms with Gasteiger partial charge in [-0.1, -0.05) is 0 Å². The summed E-state index contributed by atoms with van der Waals surface area (Å²) >= 11 is 0. The van der Waals surface area contributed by atoms with Crippen LogP contribution in [0.5, 0.6) is 0 Å². The van der Waals surface area contributed by atoms with Crippen molar-refractivity contribution in [3.05, 3.63) is 0 Å². The SMILES string of the molecule is O=C(O)N1CCC2(CCN(CC(F)F)CC2)CC1. The molecule has 6 heteroatoms. The van der Waals surface area contributed by atoms with E-state index in [0.29, 0.717) is 13.1 Å². The maximum Gasteiger partial charge on any atom is 0.407 e. The van der Waals surface area contributed by atoms with E-state index in [2.05, 4.69) is 0 Å². The van der Waals surface area contributed by atoms with Crippen molar-refractivity contribution in [2.45, 2.75) is 32.1 Å². The highest BCUT2D eigenvalue weighted by atomic mass is 19.3. The Hall–Kier alpha value is -0.910. The van der Waals surface area contributed by atoms with Gasteiger partial charge in [-0.15, -0.1) is 0 Å². The summed E-state index contributed by atoms with van der Waals surface area (Å²) in [7, 11) is 0. The molecule has 1 amide bonds. The van der Waals surface area contributed by atoms with Gasteiger partial charge in [0.2, 0.25) is 0 Å². The second kappa shape index (κ2) is 5.38. The van der Waals surface area contributed by atoms with E-state index < -0.39 is 12.5 Å². The number of carbonyl (C=O) groups is 1. The van der Waals surface area contributed by atoms with E-state index in [1.807, 2.05) is 4.90 Å². The second-order valence-corrected chi connectivity index (χ2v) is 5.46. The van der Waals surface area contributed by atoms with Gasteiger partial charge >= 0.3 is 6.09 Å². The normalized spacial score (nSPS) is 24.7. The molecule has 0 bridgehead atoms. The summed E-state index contributed by atoms with van der Waals surface area (Å²) in [6.07, 6.45) is 0.497. The van der Waals surface area contributed by atoms with Crippen LogP contribution >= 0.6 is 0 Å². The highest BCUT2D eigenvalue weighted by Gasteiger charge is 2.38. The van der Waals surface area contributed by atoms with Gasteiger partial charge in [-0.05, 0) is 44.2 Å². The minimum Gasteiger partial charge on any atom is -0.465 e. The Labute approximate surface area is 106 Å². The third-order valence-corrected chi connectivity index (χ3v) is 4.41. The molecule has 0 radical (unpaired) electrons. The maximum atomic E-state index is 12.3. The summed E-state index contributed by atoms with van der Waals surface area (Å²) in [6.45, 7) is 2.49. The number of hydrogen-bond donors (Lipinski definition) is 1. The fraction of sp³-hybridized carbons (Fsp3) is 0.917. The number of likely N-dealkylation sites (tertiary alicyclic amines) is 2. The van der Waals surface area contributed by atoms with Crippen molar-refractivity contribution < 1.29 is 18.7 Å². The van der Waals surface area contributed by atoms with Gasteiger partial charge in [0.25, 0.3) is 6.43 Å². The van der Waals surface area contributed by atoms with Gasteiger partial charge in [0.05, 0.1) is 6.54 Å². The summed E-state index contributed by atoms with van der Waals surface area (Å²) < 4.78 is 24.6. The van der Waals surface area contributed by atoms with Crippen molar-refractivity contribution in [1.82, 2.24) is 9.80 Å². The Balaban J connectivity index is 1.81. The maximum absolute atomic E-state index is 12.3. The molecule has 0 unspecified atom stereocenters. The lowest BCUT2D eigenvalue weighted by Crippen LogP contribution is -2.48. The van der Waals surface area contributed by atoms with E-state index in [1.165, 1.54) is 4.90 Å². The number of rotatable bonds is 2. The molecule has 2 aliphatic rings. The Bertz CT molecular complexity index is 294. The van der Waals surface area contributed by atoms with Crippen molar-refractivity contribution in [3.63, 3.8) is 0 Å². The predicted octanol–water partition coefficient (Wildman–Crippen LogP) is 2.11. The fourth-order valence-corrected chi connectivity index (χ4v) is 3.08. The third kappa shape index (κ3) is 3.10. The van der Waals surface area contributed by atoms with Crippen LogP contribution in [-0.2, 0) is 0 Å². The zero-order valence-electron chi connectivity index (χ0n) is 10.4. The van der Waals surface area contributed by atoms with Crippen molar-refractivity contribution in [2.75, 3.05) is 32.7 Å². The molecule has 104 valence electrons. The molecule has 2 heterocycles. The van der Waals surface area contributed by atoms with Gasteiger partial charge in [0, 0.05) is 13.1 Å². The van der Waals surface area contributed by atoms with Crippen LogP contribution in [0.3, 0.4) is 0 Å². The first kappa shape index (κ1) is 13.5. The quantitative estimate of drug-likeness (QED) is 0.829. The smallest absolute Gasteiger partial charge is 0.407 e. The van der Waals surface area contributed by atoms with Crippen molar-refractivity contribution in [2.24, 2.45) is 5.41 Å². The molecule has 4 nitrogen and oxygen atoms in total. The van der Waals surface area contributed by atoms with Crippen LogP contribution in [0.1, 0.15) is 25.7 Å². The lowest BCUT2D eigenvalue weighted by molar-refractivity contribution is 0.0131. The molecule has 2 fully saturated rings. The lowest BCUT2D eigenvalue weighted by atomic mass is 9.71. The molecule has 2 rings (SSSR count). The van der Waals surface area contributed by atoms with E-state index in [9.17, 15) is 13.6 Å². The number of amides is 1. The Morgan fingerprint density at radius 1 is 1.11 bits per heavy atom. The third-order valence-electron chi connectivity index (χ3n) is 4.41. The Morgan fingerprint density at radius 2 is 1.61 bits per heavy atom. The average molecular weight is 262 g/mol. The average Bonchev–Trinajstić information content (AvgIpc) is 2.32. The van der Waals surface area contributed by atoms with Gasteiger partial charge in [-0.2, -0.15) is 0 Å². The largest absolute Gasteiger partial charge is 0.465 e. The molecule has 1 spiro atoms. The highest BCUT2D eigenvalue weighted by molar-refractivity contribution is 5.65. The highest BCUT2D eigenvalue weighted by Crippen LogP contribution is 2.41. The first-order chi connectivity index (χ1) is 8.51. The number of carboxylic acid groups (broad SMARTS) is 1. The van der Waals surface area contributed by atoms with E-state index in [4.69, 9.17) is 5.11 Å². The number of hydrogen-bond acceptors (Lipinski definition) is 2. The summed E-state index contributed by atoms with van der Waals surface area (Å²) in [4.78, 5) is 14.1. The first-order valence-corrected chi connectivity index (χ1v) is 6.49. The molecule has 0 saturated carbocycles. The zero-order chi connectivity index (χ0) is 13.2. The van der Waals surface area contributed by atoms with Crippen LogP contribution in [-0.4, -0.2) is 60.1 Å². The molecular formula is C12H20F2N2O2. The summed E-state index contributed by atoms with van der Waals surface area (Å²) in [5.41, 5.74) is 0.199. The first-order valence-electron chi connectivity index (χ1n) is 6.49. The molecule has 2 aliphatic heterocycles. The van der Waals surface area contributed by atoms with Gasteiger partial charge < -0.3 is 10.0 Å². The zero-order valence-corrected chi connectivity index (χ0v) is 10.4. The molecule has 0 aromatic rings. The molecule has 1 N–H and O–H groups in total. The minimum atomic E-state index is -2.26. The van der Waals surface area contributed by atoms with Crippen LogP contribution in [0, 0.1) is 5.41 Å². The molecule has 2 saturated heterocycles. The van der Waals surface area contributed by atoms with E-state index in [1.54, 1.807) is 0 Å². The second-order valence-electron chi connectivity index (χ2n) is 5.46. The standard InChI is InChI=1S/C12H20F2N2O2/c13-10(14)9-15-5-1-12(2-6-15)3-7-16(8-4-12)11(17)18/h10H,1-9H2,(H,17,18). The van der Waals surface area contributed by atoms with E-state index >= 15 is 0 Å². The van der Waals surface area contributed by atoms with Crippen LogP contribution < -0.4 is 0 Å². The fourth-order valence-electron chi connectivity index (χ4n) is 3.08. The van der Waals surface area contributed by atoms with Gasteiger partial charge in [-0.25, -0.2) is 13.6 Å². The van der Waals surface area contributed by atoms with Crippen LogP contribution in [0.2, 0.25) is 0 Å². The van der Waals surface area contributed by atoms with E-state index in [0.717, 1.165) is 38.8 Å². The number of halogens is 2. The monoisotopic (exact) mass is 262 g/mol. The van der Waals surface area contributed by atoms with Crippen molar-refractivity contribution in [3.8, 4) is 0 Å². The van der Waals surface area contributed by atoms with Gasteiger partial charge in [-0.3, -0.25) is 4.90 Å². The van der Waals surface area contributed by atoms with Gasteiger partial charge in [0.15, 0.2) is 0 Å². The predicted molar refractivity (Wildman–Crippen MR) is 62.9 cm³/mol. The molecule has 0 aliphatic carbocycles. The van der Waals surface area contributed by atoms with Crippen LogP contribution in [0.25, 0.3) is 0 Å². The van der Waals surface area contributed by atoms with Crippen LogP contribution in [0.4, 0.5) is 13.6 Å². The van der Waals surface area contributed by atoms with Crippen molar-refractivity contribution in [1.29, 1.82) is 0 Å². The topological polar surface area (TPSA) is 43.8 Å². The summed E-state index contributed by atoms with van der Waals surface area (Å²) in [5.74, 6) is 0. The van der Waals surface area contributed by atoms with E-state index in [-0.39, 0.29) is 12.0 Å².